The normalized spacial score (nSPS) is 23.2. The number of carbonyl (C=O) groups is 1. The lowest BCUT2D eigenvalue weighted by Gasteiger charge is -2.22. The molecule has 2 rings (SSSR count). The van der Waals surface area contributed by atoms with Gasteiger partial charge in [-0.2, -0.15) is 4.37 Å². The Morgan fingerprint density at radius 3 is 2.68 bits per heavy atom. The Balaban J connectivity index is 2.19. The van der Waals surface area contributed by atoms with Crippen LogP contribution in [0.4, 0.5) is 5.00 Å². The lowest BCUT2D eigenvalue weighted by Crippen LogP contribution is -2.36. The second kappa shape index (κ2) is 5.46. The number of carbonyl (C=O) groups excluding carboxylic acids is 1. The molecule has 1 aromatic rings. The molecule has 1 amide bonds. The minimum atomic E-state index is 0.104. The van der Waals surface area contributed by atoms with Crippen LogP contribution in [0, 0.1) is 12.8 Å². The molecule has 1 aromatic heterocycles. The van der Waals surface area contributed by atoms with Crippen LogP contribution in [0.1, 0.15) is 23.0 Å². The molecule has 2 atom stereocenters. The fourth-order valence-corrected chi connectivity index (χ4v) is 3.48. The molecular formula is C13H22N4OS. The Bertz CT molecular complexity index is 471. The molecule has 0 radical (unpaired) electrons. The third-order valence-electron chi connectivity index (χ3n) is 3.83. The van der Waals surface area contributed by atoms with Crippen molar-refractivity contribution in [3.05, 3.63) is 11.3 Å². The van der Waals surface area contributed by atoms with Gasteiger partial charge >= 0.3 is 0 Å². The zero-order valence-electron chi connectivity index (χ0n) is 12.2. The van der Waals surface area contributed by atoms with E-state index in [1.165, 1.54) is 11.5 Å². The van der Waals surface area contributed by atoms with Crippen LogP contribution in [0.5, 0.6) is 0 Å². The number of anilines is 1. The molecule has 1 aliphatic rings. The van der Waals surface area contributed by atoms with Crippen molar-refractivity contribution in [3.63, 3.8) is 0 Å². The fourth-order valence-electron chi connectivity index (χ4n) is 2.74. The maximum Gasteiger partial charge on any atom is 0.258 e. The first-order chi connectivity index (χ1) is 8.95. The van der Waals surface area contributed by atoms with Gasteiger partial charge in [0, 0.05) is 26.2 Å². The van der Waals surface area contributed by atoms with Crippen LogP contribution in [-0.4, -0.2) is 60.4 Å². The molecule has 1 aliphatic heterocycles. The largest absolute Gasteiger partial charge is 0.378 e. The van der Waals surface area contributed by atoms with Crippen molar-refractivity contribution in [2.45, 2.75) is 19.9 Å². The lowest BCUT2D eigenvalue weighted by molar-refractivity contribution is 0.0782. The summed E-state index contributed by atoms with van der Waals surface area (Å²) >= 11 is 1.35. The summed E-state index contributed by atoms with van der Waals surface area (Å²) in [6, 6.07) is 0.439. The average Bonchev–Trinajstić information content (AvgIpc) is 2.91. The van der Waals surface area contributed by atoms with Crippen LogP contribution in [0.15, 0.2) is 0 Å². The number of amides is 1. The predicted octanol–water partition coefficient (Wildman–Crippen LogP) is 1.52. The topological polar surface area (TPSA) is 48.5 Å². The van der Waals surface area contributed by atoms with Gasteiger partial charge in [-0.25, -0.2) is 0 Å². The molecule has 1 fully saturated rings. The van der Waals surface area contributed by atoms with Gasteiger partial charge in [0.05, 0.1) is 11.3 Å². The first kappa shape index (κ1) is 14.3. The summed E-state index contributed by atoms with van der Waals surface area (Å²) in [5.74, 6) is 0.607. The number of likely N-dealkylation sites (N-methyl/N-ethyl adjacent to an activating group) is 1. The monoisotopic (exact) mass is 282 g/mol. The molecule has 5 nitrogen and oxygen atoms in total. The molecule has 2 heterocycles. The minimum Gasteiger partial charge on any atom is -0.378 e. The molecule has 106 valence electrons. The van der Waals surface area contributed by atoms with Gasteiger partial charge in [0.2, 0.25) is 0 Å². The van der Waals surface area contributed by atoms with Crippen molar-refractivity contribution in [3.8, 4) is 0 Å². The van der Waals surface area contributed by atoms with E-state index in [0.717, 1.165) is 29.3 Å². The maximum atomic E-state index is 12.7. The van der Waals surface area contributed by atoms with E-state index >= 15 is 0 Å². The van der Waals surface area contributed by atoms with Gasteiger partial charge in [0.1, 0.15) is 5.00 Å². The summed E-state index contributed by atoms with van der Waals surface area (Å²) in [6.45, 7) is 5.72. The first-order valence-corrected chi connectivity index (χ1v) is 7.32. The second-order valence-electron chi connectivity index (χ2n) is 5.44. The van der Waals surface area contributed by atoms with Crippen LogP contribution >= 0.6 is 11.5 Å². The highest BCUT2D eigenvalue weighted by molar-refractivity contribution is 7.10. The molecule has 0 unspecified atom stereocenters. The molecular weight excluding hydrogens is 260 g/mol. The molecule has 19 heavy (non-hydrogen) atoms. The van der Waals surface area contributed by atoms with Crippen LogP contribution in [-0.2, 0) is 0 Å². The Morgan fingerprint density at radius 1 is 1.47 bits per heavy atom. The quantitative estimate of drug-likeness (QED) is 0.913. The van der Waals surface area contributed by atoms with Crippen molar-refractivity contribution in [2.75, 3.05) is 39.5 Å². The van der Waals surface area contributed by atoms with E-state index in [2.05, 4.69) is 35.6 Å². The summed E-state index contributed by atoms with van der Waals surface area (Å²) in [5.41, 5.74) is 1.56. The van der Waals surface area contributed by atoms with Gasteiger partial charge in [0.15, 0.2) is 0 Å². The highest BCUT2D eigenvalue weighted by atomic mass is 32.1. The average molecular weight is 282 g/mol. The van der Waals surface area contributed by atoms with Gasteiger partial charge in [-0.3, -0.25) is 4.79 Å². The third kappa shape index (κ3) is 2.60. The fraction of sp³-hybridized carbons (Fsp3) is 0.692. The highest BCUT2D eigenvalue weighted by Gasteiger charge is 2.35. The van der Waals surface area contributed by atoms with E-state index in [0.29, 0.717) is 12.0 Å². The maximum absolute atomic E-state index is 12.7. The lowest BCUT2D eigenvalue weighted by atomic mass is 10.1. The van der Waals surface area contributed by atoms with E-state index in [1.807, 2.05) is 18.9 Å². The molecule has 0 aromatic carbocycles. The number of hydrogen-bond acceptors (Lipinski definition) is 5. The van der Waals surface area contributed by atoms with E-state index in [-0.39, 0.29) is 5.91 Å². The van der Waals surface area contributed by atoms with Gasteiger partial charge < -0.3 is 15.1 Å². The molecule has 0 spiro atoms. The molecule has 0 aliphatic carbocycles. The first-order valence-electron chi connectivity index (χ1n) is 6.55. The highest BCUT2D eigenvalue weighted by Crippen LogP contribution is 2.28. The number of nitrogens with zero attached hydrogens (tertiary/aromatic N) is 3. The summed E-state index contributed by atoms with van der Waals surface area (Å²) in [5, 5.41) is 3.93. The number of likely N-dealkylation sites (tertiary alicyclic amines) is 1. The third-order valence-corrected chi connectivity index (χ3v) is 4.78. The van der Waals surface area contributed by atoms with E-state index < -0.39 is 0 Å². The van der Waals surface area contributed by atoms with Crippen LogP contribution < -0.4 is 5.32 Å². The molecule has 1 N–H and O–H groups in total. The van der Waals surface area contributed by atoms with E-state index in [4.69, 9.17) is 0 Å². The van der Waals surface area contributed by atoms with Crippen molar-refractivity contribution >= 4 is 22.4 Å². The van der Waals surface area contributed by atoms with Gasteiger partial charge in [-0.1, -0.05) is 6.92 Å². The standard InChI is InChI=1S/C13H22N4OS/c1-8-6-17(7-10(8)16(4)5)13(18)11-9(2)15-19-12(11)14-3/h8,10,14H,6-7H2,1-5H3/t8-,10-/m1/s1. The Morgan fingerprint density at radius 2 is 2.16 bits per heavy atom. The Hall–Kier alpha value is -1.14. The molecule has 0 saturated carbocycles. The second-order valence-corrected chi connectivity index (χ2v) is 6.21. The van der Waals surface area contributed by atoms with Crippen LogP contribution in [0.3, 0.4) is 0 Å². The van der Waals surface area contributed by atoms with Crippen LogP contribution in [0.25, 0.3) is 0 Å². The predicted molar refractivity (Wildman–Crippen MR) is 78.9 cm³/mol. The van der Waals surface area contributed by atoms with Gasteiger partial charge in [-0.15, -0.1) is 0 Å². The Labute approximate surface area is 118 Å². The zero-order valence-corrected chi connectivity index (χ0v) is 13.0. The van der Waals surface area contributed by atoms with Crippen molar-refractivity contribution in [1.29, 1.82) is 0 Å². The van der Waals surface area contributed by atoms with Crippen LogP contribution in [0.2, 0.25) is 0 Å². The number of aromatic nitrogens is 1. The summed E-state index contributed by atoms with van der Waals surface area (Å²) in [7, 11) is 5.98. The van der Waals surface area contributed by atoms with E-state index in [1.54, 1.807) is 0 Å². The zero-order chi connectivity index (χ0) is 14.2. The number of aryl methyl sites for hydroxylation is 1. The van der Waals surface area contributed by atoms with Gasteiger partial charge in [0.25, 0.3) is 5.91 Å². The number of hydrogen-bond donors (Lipinski definition) is 1. The van der Waals surface area contributed by atoms with E-state index in [9.17, 15) is 4.79 Å². The minimum absolute atomic E-state index is 0.104. The van der Waals surface area contributed by atoms with Gasteiger partial charge in [-0.05, 0) is 38.5 Å². The number of nitrogens with one attached hydrogen (secondary N) is 1. The summed E-state index contributed by atoms with van der Waals surface area (Å²) in [6.07, 6.45) is 0. The number of rotatable bonds is 3. The SMILES string of the molecule is CNc1snc(C)c1C(=O)N1C[C@@H](C)[C@H](N(C)C)C1. The Kier molecular flexibility index (Phi) is 4.10. The molecule has 1 saturated heterocycles. The molecule has 6 heteroatoms. The van der Waals surface area contributed by atoms with Crippen molar-refractivity contribution < 1.29 is 4.79 Å². The summed E-state index contributed by atoms with van der Waals surface area (Å²) < 4.78 is 4.27. The van der Waals surface area contributed by atoms with Crippen molar-refractivity contribution in [1.82, 2.24) is 14.2 Å². The summed E-state index contributed by atoms with van der Waals surface area (Å²) in [4.78, 5) is 16.8. The van der Waals surface area contributed by atoms with Crippen molar-refractivity contribution in [2.24, 2.45) is 5.92 Å². The smallest absolute Gasteiger partial charge is 0.258 e. The molecule has 0 bridgehead atoms.